The zero-order valence-electron chi connectivity index (χ0n) is 11.8. The van der Waals surface area contributed by atoms with Crippen LogP contribution in [0.15, 0.2) is 18.2 Å². The Morgan fingerprint density at radius 2 is 1.95 bits per heavy atom. The summed E-state index contributed by atoms with van der Waals surface area (Å²) in [6, 6.07) is 6.89. The van der Waals surface area contributed by atoms with Crippen molar-refractivity contribution in [2.45, 2.75) is 45.6 Å². The molecule has 3 N–H and O–H groups in total. The van der Waals surface area contributed by atoms with Gasteiger partial charge in [-0.1, -0.05) is 17.7 Å². The lowest BCUT2D eigenvalue weighted by Crippen LogP contribution is -2.35. The summed E-state index contributed by atoms with van der Waals surface area (Å²) in [5.41, 5.74) is 11.9. The van der Waals surface area contributed by atoms with Gasteiger partial charge in [-0.25, -0.2) is 4.98 Å². The molecule has 0 spiro atoms. The summed E-state index contributed by atoms with van der Waals surface area (Å²) in [5, 5.41) is 0. The van der Waals surface area contributed by atoms with E-state index >= 15 is 0 Å². The molecule has 0 amide bonds. The van der Waals surface area contributed by atoms with E-state index in [1.165, 1.54) is 16.7 Å². The van der Waals surface area contributed by atoms with Gasteiger partial charge in [0.05, 0.1) is 5.69 Å². The molecule has 3 nitrogen and oxygen atoms in total. The highest BCUT2D eigenvalue weighted by Crippen LogP contribution is 2.36. The molecule has 1 aromatic heterocycles. The van der Waals surface area contributed by atoms with Gasteiger partial charge in [0.2, 0.25) is 0 Å². The van der Waals surface area contributed by atoms with Crippen LogP contribution in [-0.4, -0.2) is 16.0 Å². The monoisotopic (exact) mass is 255 g/mol. The van der Waals surface area contributed by atoms with Crippen molar-refractivity contribution in [3.8, 4) is 11.3 Å². The Hall–Kier alpha value is -1.61. The molecule has 1 fully saturated rings. The first-order valence-electron chi connectivity index (χ1n) is 6.94. The van der Waals surface area contributed by atoms with Crippen LogP contribution in [0.3, 0.4) is 0 Å². The molecule has 1 aliphatic rings. The molecule has 1 aliphatic carbocycles. The first-order chi connectivity index (χ1) is 9.04. The first-order valence-corrected chi connectivity index (χ1v) is 6.94. The molecule has 0 radical (unpaired) electrons. The maximum absolute atomic E-state index is 5.86. The van der Waals surface area contributed by atoms with Gasteiger partial charge in [-0.2, -0.15) is 0 Å². The normalized spacial score (nSPS) is 22.3. The molecule has 2 aromatic rings. The van der Waals surface area contributed by atoms with Gasteiger partial charge in [0.1, 0.15) is 5.82 Å². The number of nitrogens with two attached hydrogens (primary N) is 1. The minimum atomic E-state index is 0.361. The minimum absolute atomic E-state index is 0.361. The fraction of sp³-hybridized carbons (Fsp3) is 0.438. The summed E-state index contributed by atoms with van der Waals surface area (Å²) in [5.74, 6) is 1.63. The summed E-state index contributed by atoms with van der Waals surface area (Å²) >= 11 is 0. The van der Waals surface area contributed by atoms with E-state index in [9.17, 15) is 0 Å². The Morgan fingerprint density at radius 3 is 2.63 bits per heavy atom. The van der Waals surface area contributed by atoms with Gasteiger partial charge in [-0.15, -0.1) is 0 Å². The van der Waals surface area contributed by atoms with Crippen LogP contribution in [0.4, 0.5) is 0 Å². The Morgan fingerprint density at radius 1 is 1.21 bits per heavy atom. The molecule has 1 aromatic carbocycles. The maximum Gasteiger partial charge on any atom is 0.110 e. The lowest BCUT2D eigenvalue weighted by Gasteiger charge is -2.30. The molecule has 3 heteroatoms. The quantitative estimate of drug-likeness (QED) is 0.865. The second kappa shape index (κ2) is 4.49. The van der Waals surface area contributed by atoms with Crippen molar-refractivity contribution in [1.82, 2.24) is 9.97 Å². The van der Waals surface area contributed by atoms with Crippen molar-refractivity contribution in [2.24, 2.45) is 5.73 Å². The fourth-order valence-corrected chi connectivity index (χ4v) is 2.82. The number of aromatic nitrogens is 2. The lowest BCUT2D eigenvalue weighted by atomic mass is 9.80. The zero-order valence-corrected chi connectivity index (χ0v) is 11.8. The van der Waals surface area contributed by atoms with Gasteiger partial charge in [0, 0.05) is 23.2 Å². The third-order valence-electron chi connectivity index (χ3n) is 4.11. The number of hydrogen-bond donors (Lipinski definition) is 2. The summed E-state index contributed by atoms with van der Waals surface area (Å²) in [6.45, 7) is 6.37. The van der Waals surface area contributed by atoms with E-state index < -0.39 is 0 Å². The number of imidazole rings is 1. The molecule has 1 heterocycles. The van der Waals surface area contributed by atoms with Crippen LogP contribution in [0.2, 0.25) is 0 Å². The Bertz CT molecular complexity index is 606. The van der Waals surface area contributed by atoms with E-state index in [-0.39, 0.29) is 0 Å². The summed E-state index contributed by atoms with van der Waals surface area (Å²) in [6.07, 6.45) is 2.11. The van der Waals surface area contributed by atoms with Crippen molar-refractivity contribution in [1.29, 1.82) is 0 Å². The number of benzene rings is 1. The van der Waals surface area contributed by atoms with E-state index in [0.717, 1.165) is 30.1 Å². The number of nitrogens with zero attached hydrogens (tertiary/aromatic N) is 1. The van der Waals surface area contributed by atoms with E-state index in [1.54, 1.807) is 0 Å². The van der Waals surface area contributed by atoms with Gasteiger partial charge in [0.25, 0.3) is 0 Å². The molecule has 3 rings (SSSR count). The van der Waals surface area contributed by atoms with E-state index in [2.05, 4.69) is 44.0 Å². The smallest absolute Gasteiger partial charge is 0.110 e. The van der Waals surface area contributed by atoms with Gasteiger partial charge in [0.15, 0.2) is 0 Å². The van der Waals surface area contributed by atoms with Crippen molar-refractivity contribution < 1.29 is 0 Å². The molecule has 0 unspecified atom stereocenters. The Kier molecular flexibility index (Phi) is 2.94. The van der Waals surface area contributed by atoms with Crippen LogP contribution in [-0.2, 0) is 0 Å². The Labute approximate surface area is 114 Å². The molecule has 19 heavy (non-hydrogen) atoms. The summed E-state index contributed by atoms with van der Waals surface area (Å²) in [7, 11) is 0. The SMILES string of the molecule is Cc1ccc(C)c(-c2nc(C3CC(N)C3)[nH]c2C)c1. The number of nitrogens with one attached hydrogen (secondary N) is 1. The summed E-state index contributed by atoms with van der Waals surface area (Å²) in [4.78, 5) is 8.27. The van der Waals surface area contributed by atoms with Gasteiger partial charge < -0.3 is 10.7 Å². The highest BCUT2D eigenvalue weighted by Gasteiger charge is 2.30. The van der Waals surface area contributed by atoms with Gasteiger partial charge >= 0.3 is 0 Å². The predicted octanol–water partition coefficient (Wildman–Crippen LogP) is 3.21. The van der Waals surface area contributed by atoms with Crippen LogP contribution < -0.4 is 5.73 Å². The minimum Gasteiger partial charge on any atom is -0.345 e. The molecule has 0 aliphatic heterocycles. The second-order valence-electron chi connectivity index (χ2n) is 5.84. The summed E-state index contributed by atoms with van der Waals surface area (Å²) < 4.78 is 0. The van der Waals surface area contributed by atoms with Crippen LogP contribution in [0.1, 0.15) is 41.4 Å². The molecule has 100 valence electrons. The lowest BCUT2D eigenvalue weighted by molar-refractivity contribution is 0.340. The standard InChI is InChI=1S/C16H21N3/c1-9-4-5-10(2)14(6-9)15-11(3)18-16(19-15)12-7-13(17)8-12/h4-6,12-13H,7-8,17H2,1-3H3,(H,18,19). The van der Waals surface area contributed by atoms with Gasteiger partial charge in [-0.3, -0.25) is 0 Å². The van der Waals surface area contributed by atoms with Crippen molar-refractivity contribution in [3.05, 3.63) is 40.8 Å². The van der Waals surface area contributed by atoms with Crippen molar-refractivity contribution in [3.63, 3.8) is 0 Å². The van der Waals surface area contributed by atoms with Crippen LogP contribution >= 0.6 is 0 Å². The zero-order chi connectivity index (χ0) is 13.6. The first kappa shape index (κ1) is 12.4. The number of rotatable bonds is 2. The fourth-order valence-electron chi connectivity index (χ4n) is 2.82. The highest BCUT2D eigenvalue weighted by molar-refractivity contribution is 5.66. The number of hydrogen-bond acceptors (Lipinski definition) is 2. The average molecular weight is 255 g/mol. The highest BCUT2D eigenvalue weighted by atomic mass is 15.0. The van der Waals surface area contributed by atoms with Crippen LogP contribution in [0.25, 0.3) is 11.3 Å². The average Bonchev–Trinajstić information content (AvgIpc) is 2.70. The molecule has 0 atom stereocenters. The van der Waals surface area contributed by atoms with Crippen molar-refractivity contribution in [2.75, 3.05) is 0 Å². The predicted molar refractivity (Wildman–Crippen MR) is 78.2 cm³/mol. The van der Waals surface area contributed by atoms with E-state index in [0.29, 0.717) is 12.0 Å². The van der Waals surface area contributed by atoms with Crippen LogP contribution in [0, 0.1) is 20.8 Å². The molecule has 1 saturated carbocycles. The second-order valence-corrected chi connectivity index (χ2v) is 5.84. The number of H-pyrrole nitrogens is 1. The van der Waals surface area contributed by atoms with E-state index in [4.69, 9.17) is 10.7 Å². The number of aromatic amines is 1. The third kappa shape index (κ3) is 2.19. The molecular weight excluding hydrogens is 234 g/mol. The molecule has 0 bridgehead atoms. The van der Waals surface area contributed by atoms with Crippen molar-refractivity contribution >= 4 is 0 Å². The van der Waals surface area contributed by atoms with Gasteiger partial charge in [-0.05, 0) is 45.2 Å². The molecule has 0 saturated heterocycles. The molecular formula is C16H21N3. The number of aryl methyl sites for hydroxylation is 3. The maximum atomic E-state index is 5.86. The van der Waals surface area contributed by atoms with E-state index in [1.807, 2.05) is 0 Å². The van der Waals surface area contributed by atoms with Crippen LogP contribution in [0.5, 0.6) is 0 Å². The third-order valence-corrected chi connectivity index (χ3v) is 4.11. The largest absolute Gasteiger partial charge is 0.345 e. The topological polar surface area (TPSA) is 54.7 Å². The Balaban J connectivity index is 1.98.